The van der Waals surface area contributed by atoms with Crippen molar-refractivity contribution in [3.05, 3.63) is 17.6 Å². The quantitative estimate of drug-likeness (QED) is 0.921. The Morgan fingerprint density at radius 2 is 2.05 bits per heavy atom. The number of nitrogens with one attached hydrogen (secondary N) is 1. The number of fused-ring (bicyclic) bond motifs is 1. The molecule has 21 heavy (non-hydrogen) atoms. The predicted octanol–water partition coefficient (Wildman–Crippen LogP) is 3.51. The maximum Gasteiger partial charge on any atom is 0.133 e. The number of rotatable bonds is 4. The first-order valence-corrected chi connectivity index (χ1v) is 8.49. The van der Waals surface area contributed by atoms with Crippen molar-refractivity contribution < 1.29 is 4.74 Å². The Bertz CT molecular complexity index is 485. The lowest BCUT2D eigenvalue weighted by Crippen LogP contribution is -2.44. The third kappa shape index (κ3) is 3.05. The first kappa shape index (κ1) is 14.8. The number of hydrogen-bond acceptors (Lipinski definition) is 4. The fourth-order valence-electron chi connectivity index (χ4n) is 3.73. The van der Waals surface area contributed by atoms with Gasteiger partial charge in [-0.1, -0.05) is 13.8 Å². The van der Waals surface area contributed by atoms with Gasteiger partial charge in [0.2, 0.25) is 0 Å². The van der Waals surface area contributed by atoms with E-state index >= 15 is 0 Å². The highest BCUT2D eigenvalue weighted by atomic mass is 16.5. The average Bonchev–Trinajstić information content (AvgIpc) is 2.55. The van der Waals surface area contributed by atoms with Gasteiger partial charge in [0.25, 0.3) is 0 Å². The van der Waals surface area contributed by atoms with Crippen LogP contribution in [0.3, 0.4) is 0 Å². The fraction of sp³-hybridized carbons (Fsp3) is 0.765. The Balaban J connectivity index is 1.75. The highest BCUT2D eigenvalue weighted by Crippen LogP contribution is 2.33. The van der Waals surface area contributed by atoms with Gasteiger partial charge in [-0.25, -0.2) is 9.97 Å². The summed E-state index contributed by atoms with van der Waals surface area (Å²) in [6.45, 7) is 5.32. The maximum atomic E-state index is 6.07. The summed E-state index contributed by atoms with van der Waals surface area (Å²) in [5.74, 6) is 1.08. The first-order valence-electron chi connectivity index (χ1n) is 8.49. The number of anilines is 1. The van der Waals surface area contributed by atoms with Crippen molar-refractivity contribution in [2.24, 2.45) is 0 Å². The molecule has 0 bridgehead atoms. The zero-order valence-corrected chi connectivity index (χ0v) is 13.3. The van der Waals surface area contributed by atoms with E-state index in [0.717, 1.165) is 50.9 Å². The Labute approximate surface area is 127 Å². The maximum absolute atomic E-state index is 6.07. The van der Waals surface area contributed by atoms with Crippen molar-refractivity contribution >= 4 is 5.82 Å². The molecule has 1 aliphatic carbocycles. The van der Waals surface area contributed by atoms with Crippen LogP contribution in [0.4, 0.5) is 5.82 Å². The van der Waals surface area contributed by atoms with Gasteiger partial charge in [-0.05, 0) is 51.4 Å². The zero-order chi connectivity index (χ0) is 14.7. The minimum Gasteiger partial charge on any atom is -0.375 e. The topological polar surface area (TPSA) is 47.0 Å². The Kier molecular flexibility index (Phi) is 4.43. The van der Waals surface area contributed by atoms with Gasteiger partial charge in [0.15, 0.2) is 0 Å². The van der Waals surface area contributed by atoms with E-state index in [0.29, 0.717) is 6.04 Å². The molecule has 116 valence electrons. The Morgan fingerprint density at radius 1 is 1.24 bits per heavy atom. The van der Waals surface area contributed by atoms with Crippen LogP contribution in [0.1, 0.15) is 63.6 Å². The Morgan fingerprint density at radius 3 is 2.86 bits per heavy atom. The van der Waals surface area contributed by atoms with Crippen LogP contribution in [0.25, 0.3) is 0 Å². The highest BCUT2D eigenvalue weighted by molar-refractivity contribution is 5.47. The molecule has 1 aromatic heterocycles. The van der Waals surface area contributed by atoms with Gasteiger partial charge in [-0.2, -0.15) is 0 Å². The summed E-state index contributed by atoms with van der Waals surface area (Å²) < 4.78 is 6.07. The van der Waals surface area contributed by atoms with Crippen LogP contribution in [0, 0.1) is 0 Å². The second kappa shape index (κ2) is 6.30. The van der Waals surface area contributed by atoms with Crippen molar-refractivity contribution in [3.8, 4) is 0 Å². The van der Waals surface area contributed by atoms with E-state index in [4.69, 9.17) is 4.74 Å². The lowest BCUT2D eigenvalue weighted by Gasteiger charge is -2.40. The van der Waals surface area contributed by atoms with E-state index in [2.05, 4.69) is 29.1 Å². The standard InChI is InChI=1S/C17H27N3O/c1-3-17(4-2)11-13(9-10-21-17)20-16-14-7-5-6-8-15(14)18-12-19-16/h12-13H,3-11H2,1-2H3,(H,18,19,20). The van der Waals surface area contributed by atoms with Crippen LogP contribution >= 0.6 is 0 Å². The zero-order valence-electron chi connectivity index (χ0n) is 13.3. The SMILES string of the molecule is CCC1(CC)CC(Nc2ncnc3c2CCCC3)CCO1. The molecule has 0 amide bonds. The van der Waals surface area contributed by atoms with Crippen molar-refractivity contribution in [1.29, 1.82) is 0 Å². The fourth-order valence-corrected chi connectivity index (χ4v) is 3.73. The molecular weight excluding hydrogens is 262 g/mol. The van der Waals surface area contributed by atoms with Crippen molar-refractivity contribution in [2.75, 3.05) is 11.9 Å². The Hall–Kier alpha value is -1.16. The third-order valence-electron chi connectivity index (χ3n) is 5.25. The third-order valence-corrected chi connectivity index (χ3v) is 5.25. The van der Waals surface area contributed by atoms with Crippen molar-refractivity contribution in [3.63, 3.8) is 0 Å². The summed E-state index contributed by atoms with van der Waals surface area (Å²) in [6, 6.07) is 0.472. The molecule has 0 spiro atoms. The monoisotopic (exact) mass is 289 g/mol. The number of hydrogen-bond donors (Lipinski definition) is 1. The minimum atomic E-state index is 0.0585. The van der Waals surface area contributed by atoms with Crippen LogP contribution in [0.2, 0.25) is 0 Å². The smallest absolute Gasteiger partial charge is 0.133 e. The molecule has 1 atom stereocenters. The molecule has 1 N–H and O–H groups in total. The van der Waals surface area contributed by atoms with Gasteiger partial charge in [0.1, 0.15) is 12.1 Å². The van der Waals surface area contributed by atoms with E-state index in [1.165, 1.54) is 24.1 Å². The summed E-state index contributed by atoms with van der Waals surface area (Å²) in [5.41, 5.74) is 2.67. The molecule has 1 unspecified atom stereocenters. The summed E-state index contributed by atoms with van der Waals surface area (Å²) in [7, 11) is 0. The number of aryl methyl sites for hydroxylation is 1. The molecule has 0 saturated carbocycles. The normalized spacial score (nSPS) is 24.4. The molecule has 2 aliphatic rings. The van der Waals surface area contributed by atoms with E-state index in [-0.39, 0.29) is 5.60 Å². The first-order chi connectivity index (χ1) is 10.3. The van der Waals surface area contributed by atoms with Gasteiger partial charge < -0.3 is 10.1 Å². The van der Waals surface area contributed by atoms with Gasteiger partial charge in [-0.15, -0.1) is 0 Å². The molecule has 1 aromatic rings. The molecule has 0 radical (unpaired) electrons. The van der Waals surface area contributed by atoms with Crippen molar-refractivity contribution in [2.45, 2.75) is 76.9 Å². The van der Waals surface area contributed by atoms with Gasteiger partial charge >= 0.3 is 0 Å². The molecular formula is C17H27N3O. The minimum absolute atomic E-state index is 0.0585. The van der Waals surface area contributed by atoms with E-state index in [1.54, 1.807) is 6.33 Å². The summed E-state index contributed by atoms with van der Waals surface area (Å²) in [6.07, 6.45) is 10.8. The van der Waals surface area contributed by atoms with Crippen LogP contribution in [-0.2, 0) is 17.6 Å². The van der Waals surface area contributed by atoms with Crippen LogP contribution < -0.4 is 5.32 Å². The highest BCUT2D eigenvalue weighted by Gasteiger charge is 2.34. The molecule has 1 fully saturated rings. The van der Waals surface area contributed by atoms with E-state index < -0.39 is 0 Å². The number of nitrogens with zero attached hydrogens (tertiary/aromatic N) is 2. The molecule has 3 rings (SSSR count). The summed E-state index contributed by atoms with van der Waals surface area (Å²) in [5, 5.41) is 3.70. The van der Waals surface area contributed by atoms with Gasteiger partial charge in [-0.3, -0.25) is 0 Å². The molecule has 1 aliphatic heterocycles. The van der Waals surface area contributed by atoms with E-state index in [1.807, 2.05) is 0 Å². The molecule has 4 nitrogen and oxygen atoms in total. The second-order valence-corrected chi connectivity index (χ2v) is 6.43. The molecule has 4 heteroatoms. The van der Waals surface area contributed by atoms with Crippen LogP contribution in [-0.4, -0.2) is 28.2 Å². The lowest BCUT2D eigenvalue weighted by atomic mass is 9.85. The number of ether oxygens (including phenoxy) is 1. The average molecular weight is 289 g/mol. The summed E-state index contributed by atoms with van der Waals surface area (Å²) in [4.78, 5) is 8.98. The largest absolute Gasteiger partial charge is 0.375 e. The van der Waals surface area contributed by atoms with Crippen molar-refractivity contribution in [1.82, 2.24) is 9.97 Å². The molecule has 0 aromatic carbocycles. The summed E-state index contributed by atoms with van der Waals surface area (Å²) >= 11 is 0. The van der Waals surface area contributed by atoms with Crippen LogP contribution in [0.5, 0.6) is 0 Å². The predicted molar refractivity (Wildman–Crippen MR) is 84.6 cm³/mol. The van der Waals surface area contributed by atoms with E-state index in [9.17, 15) is 0 Å². The van der Waals surface area contributed by atoms with Gasteiger partial charge in [0.05, 0.1) is 5.60 Å². The number of aromatic nitrogens is 2. The van der Waals surface area contributed by atoms with Crippen LogP contribution in [0.15, 0.2) is 6.33 Å². The second-order valence-electron chi connectivity index (χ2n) is 6.43. The lowest BCUT2D eigenvalue weighted by molar-refractivity contribution is -0.0864. The molecule has 1 saturated heterocycles. The molecule has 2 heterocycles. The van der Waals surface area contributed by atoms with Gasteiger partial charge in [0, 0.05) is 23.9 Å².